The van der Waals surface area contributed by atoms with Gasteiger partial charge in [-0.1, -0.05) is 157 Å². The molecule has 14 N–H and O–H groups in total. The highest BCUT2D eigenvalue weighted by molar-refractivity contribution is 7.10. The molecular weight excluding hydrogens is 1860 g/mol. The van der Waals surface area contributed by atoms with Crippen LogP contribution in [0.1, 0.15) is 288 Å². The third-order valence-corrected chi connectivity index (χ3v) is 32.2. The van der Waals surface area contributed by atoms with E-state index >= 15 is 0 Å². The molecular formula is C108H160N8O24S2. The van der Waals surface area contributed by atoms with E-state index in [4.69, 9.17) is 27.8 Å². The minimum Gasteiger partial charge on any atom is -0.457 e. The zero-order chi connectivity index (χ0) is 106. The maximum absolute atomic E-state index is 13.3. The number of nitrogens with one attached hydrogen (secondary N) is 4. The molecule has 8 unspecified atom stereocenters. The Kier molecular flexibility index (Phi) is 41.5. The highest BCUT2D eigenvalue weighted by atomic mass is 32.1. The van der Waals surface area contributed by atoms with Crippen LogP contribution in [-0.4, -0.2) is 240 Å². The van der Waals surface area contributed by atoms with E-state index in [1.807, 2.05) is 118 Å². The average molecular weight is 2020 g/mol. The van der Waals surface area contributed by atoms with Crippen LogP contribution in [0, 0.1) is 82.9 Å². The summed E-state index contributed by atoms with van der Waals surface area (Å²) >= 11 is 2.92. The summed E-state index contributed by atoms with van der Waals surface area (Å²) in [4.78, 5) is 122. The number of aliphatic hydroxyl groups excluding tert-OH is 10. The molecule has 0 bridgehead atoms. The standard InChI is InChI=1S/C27H40N2O7.C27H40N2O6S.C27H40N2O6.C27H40N2O5S/c1-14-7-8-20(15(2)10-18-13-35-22(12-30)28-18)36-23(32)11-21(31)27(5,6)26(34)17(4)25(33)16(3)24-19(9-14)29-24;1-14-7-8-20(15(2)10-18-13-36-22(12-30)28-18)35-23(32)11-21(31)27(5,6)26(34)17(4)25(33)16(3)24-19(9-14)29-24;1-14-8-9-21(15(2)11-19-13-34-18(5)28-19)35-23(31)12-22(30)27(6,7)26(33)17(4)25(32)16(3)24-20(10-14)29-24;1-14-8-9-21(15(2)11-19-13-35-18(5)28-19)34-23(31)12-22(30)27(6,7)26(33)17(4)25(32)16(3)24-20(10-14)29-24/h2*7,10,13,16-17,19-21,24-25,29-31,33H,8-9,11-12H2,1-6H3;2*8,11,13,16-17,20-22,24-25,29-30,32H,9-10,12H2,1-7H3/b2*14-7-,15-10+;2*14-8-,15-11+/t2*16-,17+,19?,20-,21-,24?,25-;2*16-,17+,20?,21-,22-,24?,25-/m0000/s1. The molecule has 142 heavy (non-hydrogen) atoms. The molecule has 0 saturated carbocycles. The predicted molar refractivity (Wildman–Crippen MR) is 542 cm³/mol. The van der Waals surface area contributed by atoms with Gasteiger partial charge in [-0.25, -0.2) is 19.9 Å². The predicted octanol–water partition coefficient (Wildman–Crippen LogP) is 12.7. The molecule has 0 aliphatic carbocycles. The number of carbonyl (C=O) groups is 8. The molecule has 0 radical (unpaired) electrons. The Balaban J connectivity index is 0.000000211. The van der Waals surface area contributed by atoms with Gasteiger partial charge in [-0.05, 0) is 158 Å². The number of hydrogen-bond donors (Lipinski definition) is 14. The number of fused-ring (bicyclic) bond motifs is 4. The van der Waals surface area contributed by atoms with Crippen molar-refractivity contribution in [2.45, 2.75) is 392 Å². The second kappa shape index (κ2) is 50.3. The zero-order valence-corrected chi connectivity index (χ0v) is 89.4. The lowest BCUT2D eigenvalue weighted by Crippen LogP contribution is -2.46. The van der Waals surface area contributed by atoms with E-state index < -0.39 is 142 Å². The summed E-state index contributed by atoms with van der Waals surface area (Å²) in [6.45, 7) is 46.3. The fourth-order valence-electron chi connectivity index (χ4n) is 19.7. The first-order valence-corrected chi connectivity index (χ1v) is 51.8. The summed E-state index contributed by atoms with van der Waals surface area (Å²) in [5.41, 5.74) is 5.50. The number of nitrogens with zero attached hydrogens (tertiary/aromatic N) is 4. The SMILES string of the molecule is C/C1=C/C[C@@H](/C(C)=C/c2coc(C)n2)OC(=O)C[C@H](O)C(C)(C)C(=O)[C@H](C)[C@@H](O)[C@@H](C)C2NC2C1.C/C1=C/C[C@@H](/C(C)=C/c2coc(CO)n2)OC(=O)C[C@H](O)C(C)(C)C(=O)[C@H](C)[C@@H](O)[C@@H](C)C2NC2C1.C/C1=C/C[C@@H](/C(C)=C/c2csc(C)n2)OC(=O)C[C@H](O)C(C)(C)C(=O)[C@H](C)[C@@H](O)[C@@H](C)C2NC2C1.C/C1=C/C[C@@H](/C(C)=C/c2csc(CO)n2)OC(=O)C[C@H](O)C(C)(C)C(=O)[C@H](C)[C@@H](O)[C@@H](C)C2NC2C1. The first-order chi connectivity index (χ1) is 66.3. The maximum atomic E-state index is 13.3. The van der Waals surface area contributed by atoms with Crippen molar-refractivity contribution < 1.29 is 117 Å². The molecule has 788 valence electrons. The van der Waals surface area contributed by atoms with Gasteiger partial charge < -0.3 is 100 Å². The molecule has 4 saturated heterocycles. The Labute approximate surface area is 845 Å². The molecule has 4 fully saturated rings. The van der Waals surface area contributed by atoms with Gasteiger partial charge in [0.15, 0.2) is 5.89 Å². The second-order valence-electron chi connectivity index (χ2n) is 43.6. The van der Waals surface area contributed by atoms with Crippen LogP contribution in [0.5, 0.6) is 0 Å². The van der Waals surface area contributed by atoms with E-state index in [0.717, 1.165) is 75.4 Å². The molecule has 8 aliphatic rings. The number of aliphatic hydroxyl groups is 10. The summed E-state index contributed by atoms with van der Waals surface area (Å²) in [5, 5.41) is 125. The molecule has 0 aromatic carbocycles. The minimum absolute atomic E-state index is 0.0997. The van der Waals surface area contributed by atoms with Crippen LogP contribution in [-0.2, 0) is 70.5 Å². The maximum Gasteiger partial charge on any atom is 0.309 e. The Hall–Kier alpha value is -8.40. The molecule has 4 aromatic heterocycles. The largest absolute Gasteiger partial charge is 0.457 e. The second-order valence-corrected chi connectivity index (χ2v) is 45.6. The minimum atomic E-state index is -1.27. The Morgan fingerprint density at radius 3 is 0.859 bits per heavy atom. The first kappa shape index (κ1) is 117. The lowest BCUT2D eigenvalue weighted by molar-refractivity contribution is -0.155. The number of ketones is 4. The van der Waals surface area contributed by atoms with E-state index in [1.54, 1.807) is 114 Å². The van der Waals surface area contributed by atoms with Crippen molar-refractivity contribution in [3.8, 4) is 0 Å². The number of ether oxygens (including phenoxy) is 4. The molecule has 28 atom stereocenters. The van der Waals surface area contributed by atoms with Crippen LogP contribution >= 0.6 is 22.7 Å². The van der Waals surface area contributed by atoms with E-state index in [0.29, 0.717) is 53.7 Å². The van der Waals surface area contributed by atoms with Crippen LogP contribution in [0.3, 0.4) is 0 Å². The summed E-state index contributed by atoms with van der Waals surface area (Å²) in [7, 11) is 0. The van der Waals surface area contributed by atoms with Crippen LogP contribution in [0.15, 0.2) is 101 Å². The topological polar surface area (TPSA) is 541 Å². The number of aromatic nitrogens is 4. The summed E-state index contributed by atoms with van der Waals surface area (Å²) in [6, 6.07) is 1.33. The molecule has 12 rings (SSSR count). The summed E-state index contributed by atoms with van der Waals surface area (Å²) < 4.78 is 33.6. The van der Waals surface area contributed by atoms with Gasteiger partial charge in [0.1, 0.15) is 83.1 Å². The third kappa shape index (κ3) is 31.3. The monoisotopic (exact) mass is 2020 g/mol. The molecule has 8 aliphatic heterocycles. The van der Waals surface area contributed by atoms with Gasteiger partial charge in [-0.2, -0.15) is 0 Å². The number of aryl methyl sites for hydroxylation is 2. The Morgan fingerprint density at radius 2 is 0.620 bits per heavy atom. The van der Waals surface area contributed by atoms with Crippen LogP contribution in [0.4, 0.5) is 0 Å². The van der Waals surface area contributed by atoms with Gasteiger partial charge in [0.05, 0.1) is 119 Å². The summed E-state index contributed by atoms with van der Waals surface area (Å²) in [5.74, 6) is -5.98. The first-order valence-electron chi connectivity index (χ1n) is 50.1. The highest BCUT2D eigenvalue weighted by Crippen LogP contribution is 2.43. The summed E-state index contributed by atoms with van der Waals surface area (Å²) in [6.07, 6.45) is 11.7. The molecule has 0 amide bonds. The molecule has 12 heterocycles. The normalized spacial score (nSPS) is 36.3. The smallest absolute Gasteiger partial charge is 0.309 e. The average Bonchev–Trinajstić information content (AvgIpc) is 1.62. The van der Waals surface area contributed by atoms with Gasteiger partial charge in [-0.15, -0.1) is 22.7 Å². The van der Waals surface area contributed by atoms with E-state index in [1.165, 1.54) is 23.2 Å². The Bertz CT molecular complexity index is 4980. The lowest BCUT2D eigenvalue weighted by atomic mass is 9.73. The molecule has 4 aromatic rings. The van der Waals surface area contributed by atoms with Crippen LogP contribution < -0.4 is 21.3 Å². The van der Waals surface area contributed by atoms with Crippen molar-refractivity contribution in [1.82, 2.24) is 41.2 Å². The molecule has 0 spiro atoms. The third-order valence-electron chi connectivity index (χ3n) is 30.6. The lowest BCUT2D eigenvalue weighted by Gasteiger charge is -2.34. The highest BCUT2D eigenvalue weighted by Gasteiger charge is 2.54. The Morgan fingerprint density at radius 1 is 0.359 bits per heavy atom. The molecule has 34 heteroatoms. The number of thiazole rings is 2. The number of oxazole rings is 2. The number of rotatable bonds is 10. The fraction of sp³-hybridized carbons (Fsp3) is 0.667. The van der Waals surface area contributed by atoms with Crippen molar-refractivity contribution in [3.05, 3.63) is 137 Å². The quantitative estimate of drug-likeness (QED) is 0.0303. The van der Waals surface area contributed by atoms with Crippen molar-refractivity contribution >= 4 is 94.0 Å². The van der Waals surface area contributed by atoms with E-state index in [-0.39, 0.29) is 140 Å². The van der Waals surface area contributed by atoms with E-state index in [2.05, 4.69) is 66.4 Å². The van der Waals surface area contributed by atoms with Crippen LogP contribution in [0.2, 0.25) is 0 Å². The number of carbonyl (C=O) groups excluding carboxylic acids is 8. The van der Waals surface area contributed by atoms with Gasteiger partial charge in [-0.3, -0.25) is 38.4 Å². The van der Waals surface area contributed by atoms with Gasteiger partial charge >= 0.3 is 23.9 Å². The zero-order valence-electron chi connectivity index (χ0n) is 87.8. The van der Waals surface area contributed by atoms with Crippen molar-refractivity contribution in [1.29, 1.82) is 0 Å². The van der Waals surface area contributed by atoms with Crippen LogP contribution in [0.25, 0.3) is 24.3 Å². The van der Waals surface area contributed by atoms with E-state index in [9.17, 15) is 89.4 Å². The van der Waals surface area contributed by atoms with Crippen molar-refractivity contribution in [2.75, 3.05) is 0 Å². The number of esters is 4. The number of Topliss-reactive ketones (excluding diaryl/α,β-unsaturated/α-hetero) is 4. The molecule has 32 nitrogen and oxygen atoms in total. The van der Waals surface area contributed by atoms with Crippen molar-refractivity contribution in [2.24, 2.45) is 69.0 Å². The number of hydrogen-bond acceptors (Lipinski definition) is 34. The van der Waals surface area contributed by atoms with Gasteiger partial charge in [0, 0.05) is 115 Å². The van der Waals surface area contributed by atoms with Gasteiger partial charge in [0.2, 0.25) is 5.89 Å². The fourth-order valence-corrected chi connectivity index (χ4v) is 20.9. The van der Waals surface area contributed by atoms with Crippen molar-refractivity contribution in [3.63, 3.8) is 0 Å². The van der Waals surface area contributed by atoms with Gasteiger partial charge in [0.25, 0.3) is 0 Å². The number of cyclic esters (lactones) is 4.